The number of halogens is 1. The minimum Gasteiger partial charge on any atom is -0.481 e. The van der Waals surface area contributed by atoms with Gasteiger partial charge < -0.3 is 10.0 Å². The molecule has 1 atom stereocenters. The van der Waals surface area contributed by atoms with Gasteiger partial charge in [-0.05, 0) is 55.2 Å². The average Bonchev–Trinajstić information content (AvgIpc) is 3.47. The van der Waals surface area contributed by atoms with Gasteiger partial charge in [-0.3, -0.25) is 9.59 Å². The number of rotatable bonds is 7. The van der Waals surface area contributed by atoms with Crippen LogP contribution in [0, 0.1) is 5.41 Å². The molecule has 1 heterocycles. The van der Waals surface area contributed by atoms with Crippen molar-refractivity contribution >= 4 is 29.2 Å². The molecule has 2 N–H and O–H groups in total. The van der Waals surface area contributed by atoms with Gasteiger partial charge in [0, 0.05) is 10.7 Å². The minimum absolute atomic E-state index is 0.193. The van der Waals surface area contributed by atoms with E-state index in [-0.39, 0.29) is 12.3 Å². The van der Waals surface area contributed by atoms with Crippen molar-refractivity contribution < 1.29 is 14.7 Å². The number of tetrazole rings is 1. The second kappa shape index (κ2) is 9.08. The third-order valence-electron chi connectivity index (χ3n) is 6.15. The topological polar surface area (TPSA) is 112 Å². The molecule has 0 saturated heterocycles. The van der Waals surface area contributed by atoms with Crippen LogP contribution in [0.2, 0.25) is 5.02 Å². The van der Waals surface area contributed by atoms with Crippen molar-refractivity contribution in [3.05, 3.63) is 59.4 Å². The summed E-state index contributed by atoms with van der Waals surface area (Å²) in [6.07, 6.45) is 2.57. The number of carboxylic acids is 1. The van der Waals surface area contributed by atoms with E-state index < -0.39 is 17.4 Å². The van der Waals surface area contributed by atoms with Crippen molar-refractivity contribution in [2.75, 3.05) is 4.90 Å². The third-order valence-corrected chi connectivity index (χ3v) is 6.38. The molecule has 3 aromatic rings. The molecule has 9 heteroatoms. The van der Waals surface area contributed by atoms with Crippen molar-refractivity contribution in [3.63, 3.8) is 0 Å². The second-order valence-electron chi connectivity index (χ2n) is 8.24. The Morgan fingerprint density at radius 3 is 2.47 bits per heavy atom. The normalized spacial score (nSPS) is 15.9. The standard InChI is InChI=1S/C23H24ClN5O3/c1-15(21-25-27-28-26-21)29(22(32)23(14-20(30)31)11-2-3-12-23)19-9-7-16(8-10-19)17-5-4-6-18(24)13-17/h4-10,13,15H,2-3,11-12,14H2,1H3,(H,30,31)(H,25,26,27,28). The highest BCUT2D eigenvalue weighted by molar-refractivity contribution is 6.30. The van der Waals surface area contributed by atoms with Crippen LogP contribution in [0.3, 0.4) is 0 Å². The molecule has 1 saturated carbocycles. The van der Waals surface area contributed by atoms with E-state index in [0.717, 1.165) is 24.0 Å². The number of H-pyrrole nitrogens is 1. The number of benzene rings is 2. The molecule has 4 rings (SSSR count). The monoisotopic (exact) mass is 453 g/mol. The number of hydrogen-bond acceptors (Lipinski definition) is 5. The Morgan fingerprint density at radius 1 is 1.16 bits per heavy atom. The number of anilines is 1. The molecule has 166 valence electrons. The van der Waals surface area contributed by atoms with Gasteiger partial charge in [0.15, 0.2) is 5.82 Å². The summed E-state index contributed by atoms with van der Waals surface area (Å²) in [4.78, 5) is 27.1. The lowest BCUT2D eigenvalue weighted by Gasteiger charge is -2.36. The van der Waals surface area contributed by atoms with Crippen LogP contribution in [-0.4, -0.2) is 37.6 Å². The molecule has 1 aliphatic rings. The zero-order valence-corrected chi connectivity index (χ0v) is 18.4. The number of aliphatic carboxylic acids is 1. The van der Waals surface area contributed by atoms with Crippen LogP contribution in [0.5, 0.6) is 0 Å². The summed E-state index contributed by atoms with van der Waals surface area (Å²) in [7, 11) is 0. The maximum Gasteiger partial charge on any atom is 0.304 e. The second-order valence-corrected chi connectivity index (χ2v) is 8.67. The van der Waals surface area contributed by atoms with Crippen molar-refractivity contribution in [1.29, 1.82) is 0 Å². The van der Waals surface area contributed by atoms with Crippen LogP contribution in [0.1, 0.15) is 50.9 Å². The fraction of sp³-hybridized carbons (Fsp3) is 0.348. The lowest BCUT2D eigenvalue weighted by molar-refractivity contribution is -0.144. The predicted octanol–water partition coefficient (Wildman–Crippen LogP) is 4.65. The van der Waals surface area contributed by atoms with E-state index in [9.17, 15) is 14.7 Å². The number of hydrogen-bond donors (Lipinski definition) is 2. The molecule has 1 amide bonds. The number of nitrogens with zero attached hydrogens (tertiary/aromatic N) is 4. The fourth-order valence-electron chi connectivity index (χ4n) is 4.52. The Hall–Kier alpha value is -3.26. The molecule has 0 aliphatic heterocycles. The first kappa shape index (κ1) is 22.0. The van der Waals surface area contributed by atoms with Crippen LogP contribution in [0.15, 0.2) is 48.5 Å². The van der Waals surface area contributed by atoms with Crippen LogP contribution in [0.4, 0.5) is 5.69 Å². The molecule has 1 aliphatic carbocycles. The molecule has 8 nitrogen and oxygen atoms in total. The van der Waals surface area contributed by atoms with Crippen molar-refractivity contribution in [2.45, 2.75) is 45.1 Å². The van der Waals surface area contributed by atoms with Gasteiger partial charge in [-0.15, -0.1) is 10.2 Å². The zero-order chi connectivity index (χ0) is 22.7. The largest absolute Gasteiger partial charge is 0.481 e. The highest BCUT2D eigenvalue weighted by Crippen LogP contribution is 2.45. The summed E-state index contributed by atoms with van der Waals surface area (Å²) in [5.41, 5.74) is 1.63. The number of nitrogens with one attached hydrogen (secondary N) is 1. The smallest absolute Gasteiger partial charge is 0.304 e. The van der Waals surface area contributed by atoms with Crippen molar-refractivity contribution in [1.82, 2.24) is 20.6 Å². The number of carboxylic acid groups (broad SMARTS) is 1. The number of amides is 1. The van der Waals surface area contributed by atoms with Gasteiger partial charge in [-0.25, -0.2) is 0 Å². The molecular formula is C23H24ClN5O3. The molecule has 0 radical (unpaired) electrons. The van der Waals surface area contributed by atoms with E-state index in [1.807, 2.05) is 55.5 Å². The highest BCUT2D eigenvalue weighted by Gasteiger charge is 2.47. The molecule has 32 heavy (non-hydrogen) atoms. The molecule has 2 aromatic carbocycles. The van der Waals surface area contributed by atoms with E-state index in [0.29, 0.717) is 29.4 Å². The zero-order valence-electron chi connectivity index (χ0n) is 17.7. The first-order valence-electron chi connectivity index (χ1n) is 10.5. The maximum absolute atomic E-state index is 13.9. The first-order chi connectivity index (χ1) is 15.4. The van der Waals surface area contributed by atoms with E-state index in [1.165, 1.54) is 0 Å². The van der Waals surface area contributed by atoms with E-state index in [1.54, 1.807) is 4.90 Å². The Balaban J connectivity index is 1.73. The number of carbonyl (C=O) groups is 2. The van der Waals surface area contributed by atoms with Gasteiger partial charge in [0.2, 0.25) is 5.91 Å². The molecular weight excluding hydrogens is 430 g/mol. The Kier molecular flexibility index (Phi) is 6.23. The van der Waals surface area contributed by atoms with Crippen molar-refractivity contribution in [2.24, 2.45) is 5.41 Å². The summed E-state index contributed by atoms with van der Waals surface area (Å²) in [5, 5.41) is 24.3. The number of aromatic amines is 1. The summed E-state index contributed by atoms with van der Waals surface area (Å²) < 4.78 is 0. The highest BCUT2D eigenvalue weighted by atomic mass is 35.5. The Labute approximate surface area is 190 Å². The summed E-state index contributed by atoms with van der Waals surface area (Å²) in [6.45, 7) is 1.82. The third kappa shape index (κ3) is 4.36. The average molecular weight is 454 g/mol. The van der Waals surface area contributed by atoms with Gasteiger partial charge in [-0.1, -0.05) is 53.9 Å². The van der Waals surface area contributed by atoms with E-state index in [2.05, 4.69) is 20.6 Å². The van der Waals surface area contributed by atoms with Crippen molar-refractivity contribution in [3.8, 4) is 11.1 Å². The molecule has 1 aromatic heterocycles. The lowest BCUT2D eigenvalue weighted by Crippen LogP contribution is -2.45. The number of aromatic nitrogens is 4. The van der Waals surface area contributed by atoms with Gasteiger partial charge in [0.1, 0.15) is 0 Å². The van der Waals surface area contributed by atoms with E-state index >= 15 is 0 Å². The Morgan fingerprint density at radius 2 is 1.88 bits per heavy atom. The van der Waals surface area contributed by atoms with Gasteiger partial charge in [-0.2, -0.15) is 5.21 Å². The SMILES string of the molecule is CC(c1nn[nH]n1)N(C(=O)C1(CC(=O)O)CCCC1)c1ccc(-c2cccc(Cl)c2)cc1. The van der Waals surface area contributed by atoms with Crippen LogP contribution >= 0.6 is 11.6 Å². The van der Waals surface area contributed by atoms with Crippen LogP contribution in [-0.2, 0) is 9.59 Å². The first-order valence-corrected chi connectivity index (χ1v) is 10.9. The minimum atomic E-state index is -0.969. The molecule has 0 bridgehead atoms. The number of carbonyl (C=O) groups excluding carboxylic acids is 1. The maximum atomic E-state index is 13.9. The lowest BCUT2D eigenvalue weighted by atomic mass is 9.80. The quantitative estimate of drug-likeness (QED) is 0.538. The van der Waals surface area contributed by atoms with Crippen LogP contribution in [0.25, 0.3) is 11.1 Å². The molecule has 0 spiro atoms. The predicted molar refractivity (Wildman–Crippen MR) is 120 cm³/mol. The van der Waals surface area contributed by atoms with Crippen LogP contribution < -0.4 is 4.90 Å². The summed E-state index contributed by atoms with van der Waals surface area (Å²) >= 11 is 6.12. The molecule has 1 unspecified atom stereocenters. The van der Waals surface area contributed by atoms with Gasteiger partial charge >= 0.3 is 5.97 Å². The van der Waals surface area contributed by atoms with Gasteiger partial charge in [0.05, 0.1) is 17.9 Å². The molecule has 1 fully saturated rings. The fourth-order valence-corrected chi connectivity index (χ4v) is 4.71. The van der Waals surface area contributed by atoms with Gasteiger partial charge in [0.25, 0.3) is 0 Å². The van der Waals surface area contributed by atoms with E-state index in [4.69, 9.17) is 11.6 Å². The summed E-state index contributed by atoms with van der Waals surface area (Å²) in [5.74, 6) is -0.824. The summed E-state index contributed by atoms with van der Waals surface area (Å²) in [6, 6.07) is 14.6. The Bertz CT molecular complexity index is 1100.